The molecule has 1 radical (unpaired) electrons. The van der Waals surface area contributed by atoms with Gasteiger partial charge in [-0.2, -0.15) is 0 Å². The Morgan fingerprint density at radius 1 is 1.57 bits per heavy atom. The summed E-state index contributed by atoms with van der Waals surface area (Å²) in [6.45, 7) is 4.31. The van der Waals surface area contributed by atoms with E-state index in [4.69, 9.17) is 0 Å². The first-order chi connectivity index (χ1) is 3.27. The molecule has 0 saturated heterocycles. The normalized spacial score (nSPS) is 10.3. The predicted octanol–water partition coefficient (Wildman–Crippen LogP) is 3.12. The molecule has 0 aliphatic heterocycles. The van der Waals surface area contributed by atoms with Crippen LogP contribution in [-0.4, -0.2) is 0 Å². The van der Waals surface area contributed by atoms with E-state index >= 15 is 0 Å². The van der Waals surface area contributed by atoms with Gasteiger partial charge in [0.25, 0.3) is 0 Å². The lowest BCUT2D eigenvalue weighted by Gasteiger charge is -1.96. The first-order valence-corrected chi connectivity index (χ1v) is 3.54. The van der Waals surface area contributed by atoms with E-state index in [9.17, 15) is 0 Å². The molecule has 0 unspecified atom stereocenters. The van der Waals surface area contributed by atoms with Crippen molar-refractivity contribution in [1.29, 1.82) is 0 Å². The zero-order chi connectivity index (χ0) is 5.70. The lowest BCUT2D eigenvalue weighted by Crippen LogP contribution is -1.76. The molecule has 0 aromatic rings. The second-order valence-corrected chi connectivity index (χ2v) is 3.13. The van der Waals surface area contributed by atoms with Gasteiger partial charge in [0.2, 0.25) is 0 Å². The minimum absolute atomic E-state index is 1.23. The first-order valence-electron chi connectivity index (χ1n) is 2.75. The van der Waals surface area contributed by atoms with Crippen molar-refractivity contribution in [3.05, 3.63) is 4.83 Å². The average molecular weight is 164 g/mol. The van der Waals surface area contributed by atoms with Crippen LogP contribution in [0.1, 0.15) is 33.1 Å². The van der Waals surface area contributed by atoms with Gasteiger partial charge in [0.05, 0.1) is 0 Å². The first kappa shape index (κ1) is 7.48. The fraction of sp³-hybridized carbons (Fsp3) is 0.833. The van der Waals surface area contributed by atoms with Crippen LogP contribution in [0.25, 0.3) is 0 Å². The van der Waals surface area contributed by atoms with Gasteiger partial charge in [-0.25, -0.2) is 0 Å². The largest absolute Gasteiger partial charge is 0.0841 e. The van der Waals surface area contributed by atoms with Crippen LogP contribution >= 0.6 is 15.9 Å². The predicted molar refractivity (Wildman–Crippen MR) is 37.4 cm³/mol. The minimum atomic E-state index is 1.23. The lowest BCUT2D eigenvalue weighted by atomic mass is 10.2. The topological polar surface area (TPSA) is 0 Å². The van der Waals surface area contributed by atoms with E-state index in [1.54, 1.807) is 0 Å². The number of hydrogen-bond acceptors (Lipinski definition) is 0. The van der Waals surface area contributed by atoms with Gasteiger partial charge < -0.3 is 0 Å². The molecule has 1 heteroatoms. The van der Waals surface area contributed by atoms with E-state index in [0.29, 0.717) is 0 Å². The maximum Gasteiger partial charge on any atom is 0.0380 e. The Morgan fingerprint density at radius 2 is 2.14 bits per heavy atom. The molecule has 43 valence electrons. The lowest BCUT2D eigenvalue weighted by molar-refractivity contribution is 0.775. The molecule has 0 nitrogen and oxygen atoms in total. The fourth-order valence-electron chi connectivity index (χ4n) is 0.420. The molecule has 0 rings (SSSR count). The van der Waals surface area contributed by atoms with Crippen molar-refractivity contribution < 1.29 is 0 Å². The van der Waals surface area contributed by atoms with Crippen molar-refractivity contribution in [3.8, 4) is 0 Å². The molecule has 0 spiro atoms. The summed E-state index contributed by atoms with van der Waals surface area (Å²) in [4.78, 5) is 1.37. The van der Waals surface area contributed by atoms with Crippen LogP contribution in [0.2, 0.25) is 0 Å². The second kappa shape index (κ2) is 4.63. The van der Waals surface area contributed by atoms with Gasteiger partial charge in [-0.1, -0.05) is 35.7 Å². The van der Waals surface area contributed by atoms with Crippen molar-refractivity contribution in [2.45, 2.75) is 33.1 Å². The monoisotopic (exact) mass is 163 g/mol. The Balaban J connectivity index is 2.68. The third-order valence-corrected chi connectivity index (χ3v) is 1.27. The molecular weight excluding hydrogens is 152 g/mol. The summed E-state index contributed by atoms with van der Waals surface area (Å²) in [7, 11) is 0. The Labute approximate surface area is 54.4 Å². The summed E-state index contributed by atoms with van der Waals surface area (Å²) in [6.07, 6.45) is 3.84. The molecule has 0 aliphatic rings. The zero-order valence-corrected chi connectivity index (χ0v) is 6.59. The van der Waals surface area contributed by atoms with Gasteiger partial charge in [0.15, 0.2) is 0 Å². The highest BCUT2D eigenvalue weighted by Crippen LogP contribution is 2.15. The smallest absolute Gasteiger partial charge is 0.0380 e. The van der Waals surface area contributed by atoms with E-state index < -0.39 is 0 Å². The Kier molecular flexibility index (Phi) is 4.95. The van der Waals surface area contributed by atoms with Crippen molar-refractivity contribution >= 4 is 15.9 Å². The van der Waals surface area contributed by atoms with Crippen molar-refractivity contribution in [1.82, 2.24) is 0 Å². The molecular formula is C6H12Br. The summed E-state index contributed by atoms with van der Waals surface area (Å²) in [6, 6.07) is 0. The zero-order valence-electron chi connectivity index (χ0n) is 5.00. The second-order valence-electron chi connectivity index (χ2n) is 1.78. The maximum absolute atomic E-state index is 3.39. The average Bonchev–Trinajstić information content (AvgIpc) is 1.61. The van der Waals surface area contributed by atoms with Crippen LogP contribution in [0.3, 0.4) is 0 Å². The van der Waals surface area contributed by atoms with Crippen LogP contribution in [0, 0.1) is 4.83 Å². The number of halogens is 1. The number of hydrogen-bond donors (Lipinski definition) is 0. The highest BCUT2D eigenvalue weighted by atomic mass is 79.9. The molecule has 0 fully saturated rings. The Bertz CT molecular complexity index is 33.2. The number of rotatable bonds is 3. The van der Waals surface area contributed by atoms with E-state index in [-0.39, 0.29) is 0 Å². The van der Waals surface area contributed by atoms with Gasteiger partial charge in [0.1, 0.15) is 0 Å². The molecule has 0 saturated carbocycles. The van der Waals surface area contributed by atoms with E-state index in [2.05, 4.69) is 29.8 Å². The molecule has 0 N–H and O–H groups in total. The SMILES string of the molecule is CCCC[C](C)Br. The highest BCUT2D eigenvalue weighted by Gasteiger charge is 1.91. The van der Waals surface area contributed by atoms with Crippen LogP contribution in [-0.2, 0) is 0 Å². The van der Waals surface area contributed by atoms with Gasteiger partial charge in [-0.05, 0) is 13.3 Å². The molecule has 0 aliphatic carbocycles. The summed E-state index contributed by atoms with van der Waals surface area (Å²) in [5.41, 5.74) is 0. The van der Waals surface area contributed by atoms with Crippen LogP contribution in [0.5, 0.6) is 0 Å². The van der Waals surface area contributed by atoms with E-state index in [1.165, 1.54) is 24.1 Å². The van der Waals surface area contributed by atoms with Crippen LogP contribution < -0.4 is 0 Å². The third kappa shape index (κ3) is 6.48. The van der Waals surface area contributed by atoms with Gasteiger partial charge in [-0.15, -0.1) is 0 Å². The summed E-state index contributed by atoms with van der Waals surface area (Å²) in [5, 5.41) is 0. The van der Waals surface area contributed by atoms with Gasteiger partial charge in [0, 0.05) is 4.83 Å². The molecule has 0 heterocycles. The molecule has 0 amide bonds. The number of unbranched alkanes of at least 4 members (excludes halogenated alkanes) is 1. The van der Waals surface area contributed by atoms with Crippen molar-refractivity contribution in [3.63, 3.8) is 0 Å². The summed E-state index contributed by atoms with van der Waals surface area (Å²) in [5.74, 6) is 0. The van der Waals surface area contributed by atoms with Gasteiger partial charge in [-0.3, -0.25) is 0 Å². The van der Waals surface area contributed by atoms with Gasteiger partial charge >= 0.3 is 0 Å². The van der Waals surface area contributed by atoms with Crippen LogP contribution in [0.4, 0.5) is 0 Å². The maximum atomic E-state index is 3.39. The van der Waals surface area contributed by atoms with E-state index in [0.717, 1.165) is 0 Å². The van der Waals surface area contributed by atoms with Crippen LogP contribution in [0.15, 0.2) is 0 Å². The fourth-order valence-corrected chi connectivity index (χ4v) is 0.701. The Hall–Kier alpha value is 0.480. The Morgan fingerprint density at radius 3 is 2.29 bits per heavy atom. The standard InChI is InChI=1S/C6H12Br/c1-3-4-5-6(2)7/h3-5H2,1-2H3. The van der Waals surface area contributed by atoms with Crippen molar-refractivity contribution in [2.75, 3.05) is 0 Å². The summed E-state index contributed by atoms with van der Waals surface area (Å²) >= 11 is 3.39. The molecule has 0 atom stereocenters. The molecule has 0 bridgehead atoms. The van der Waals surface area contributed by atoms with E-state index in [1.807, 2.05) is 0 Å². The highest BCUT2D eigenvalue weighted by molar-refractivity contribution is 9.11. The molecule has 0 aromatic carbocycles. The molecule has 0 aromatic heterocycles. The summed E-state index contributed by atoms with van der Waals surface area (Å²) < 4.78 is 0. The quantitative estimate of drug-likeness (QED) is 0.601. The third-order valence-electron chi connectivity index (χ3n) is 0.875. The van der Waals surface area contributed by atoms with Crippen molar-refractivity contribution in [2.24, 2.45) is 0 Å². The minimum Gasteiger partial charge on any atom is -0.0841 e. The molecule has 7 heavy (non-hydrogen) atoms.